The molecule has 11 heteroatoms. The van der Waals surface area contributed by atoms with Crippen molar-refractivity contribution in [2.45, 2.75) is 32.1 Å². The van der Waals surface area contributed by atoms with Gasteiger partial charge in [0, 0.05) is 17.7 Å². The molecule has 5 aromatic rings. The van der Waals surface area contributed by atoms with Gasteiger partial charge in [-0.2, -0.15) is 5.10 Å². The Balaban J connectivity index is 1.43. The number of methoxy groups -OCH3 is 1. The van der Waals surface area contributed by atoms with Crippen LogP contribution < -0.4 is 5.73 Å². The minimum absolute atomic E-state index is 0.127. The SMILES string of the molecule is COC(=O)c1cc(-c2cc(C(N)=O)c3c(-c4ccc(C(=O)OCc5ccccc5)cc4)nn(C4CCCCO4)c3n2)ccc1F. The van der Waals surface area contributed by atoms with Crippen molar-refractivity contribution in [2.75, 3.05) is 13.7 Å². The van der Waals surface area contributed by atoms with Gasteiger partial charge >= 0.3 is 11.9 Å². The van der Waals surface area contributed by atoms with Gasteiger partial charge in [-0.25, -0.2) is 23.6 Å². The summed E-state index contributed by atoms with van der Waals surface area (Å²) in [4.78, 5) is 42.6. The predicted molar refractivity (Wildman–Crippen MR) is 163 cm³/mol. The summed E-state index contributed by atoms with van der Waals surface area (Å²) in [7, 11) is 1.16. The highest BCUT2D eigenvalue weighted by Crippen LogP contribution is 2.36. The number of ether oxygens (including phenoxy) is 3. The molecule has 1 saturated heterocycles. The van der Waals surface area contributed by atoms with Crippen molar-refractivity contribution in [3.8, 4) is 22.5 Å². The van der Waals surface area contributed by atoms with Crippen molar-refractivity contribution in [3.63, 3.8) is 0 Å². The highest BCUT2D eigenvalue weighted by atomic mass is 19.1. The summed E-state index contributed by atoms with van der Waals surface area (Å²) >= 11 is 0. The fraction of sp³-hybridized carbons (Fsp3) is 0.206. The zero-order valence-electron chi connectivity index (χ0n) is 24.4. The van der Waals surface area contributed by atoms with Gasteiger partial charge < -0.3 is 19.9 Å². The zero-order chi connectivity index (χ0) is 31.5. The smallest absolute Gasteiger partial charge is 0.340 e. The quantitative estimate of drug-likeness (QED) is 0.217. The van der Waals surface area contributed by atoms with E-state index < -0.39 is 29.9 Å². The Morgan fingerprint density at radius 3 is 2.40 bits per heavy atom. The van der Waals surface area contributed by atoms with Crippen LogP contribution in [0.15, 0.2) is 78.9 Å². The molecule has 228 valence electrons. The topological polar surface area (TPSA) is 136 Å². The van der Waals surface area contributed by atoms with Crippen LogP contribution in [0.2, 0.25) is 0 Å². The highest BCUT2D eigenvalue weighted by molar-refractivity contribution is 6.10. The van der Waals surface area contributed by atoms with Gasteiger partial charge in [0.25, 0.3) is 0 Å². The van der Waals surface area contributed by atoms with E-state index in [2.05, 4.69) is 0 Å². The second kappa shape index (κ2) is 12.7. The minimum Gasteiger partial charge on any atom is -0.465 e. The lowest BCUT2D eigenvalue weighted by molar-refractivity contribution is -0.0368. The van der Waals surface area contributed by atoms with Crippen molar-refractivity contribution in [3.05, 3.63) is 107 Å². The van der Waals surface area contributed by atoms with Gasteiger partial charge in [0.15, 0.2) is 11.9 Å². The predicted octanol–water partition coefficient (Wildman–Crippen LogP) is 5.85. The van der Waals surface area contributed by atoms with Gasteiger partial charge in [-0.15, -0.1) is 0 Å². The van der Waals surface area contributed by atoms with E-state index in [1.807, 2.05) is 30.3 Å². The molecule has 45 heavy (non-hydrogen) atoms. The molecule has 1 aliphatic heterocycles. The van der Waals surface area contributed by atoms with Crippen LogP contribution in [0.3, 0.4) is 0 Å². The fourth-order valence-electron chi connectivity index (χ4n) is 5.32. The molecule has 1 unspecified atom stereocenters. The molecule has 0 bridgehead atoms. The average molecular weight is 609 g/mol. The van der Waals surface area contributed by atoms with E-state index in [1.165, 1.54) is 18.2 Å². The Kier molecular flexibility index (Phi) is 8.35. The first kappa shape index (κ1) is 29.6. The van der Waals surface area contributed by atoms with Crippen LogP contribution in [0, 0.1) is 5.82 Å². The molecule has 0 aliphatic carbocycles. The number of hydrogen-bond acceptors (Lipinski definition) is 8. The van der Waals surface area contributed by atoms with E-state index >= 15 is 0 Å². The molecular formula is C34H29FN4O6. The Morgan fingerprint density at radius 2 is 1.71 bits per heavy atom. The average Bonchev–Trinajstić information content (AvgIpc) is 3.47. The number of nitrogens with zero attached hydrogens (tertiary/aromatic N) is 3. The van der Waals surface area contributed by atoms with Crippen LogP contribution >= 0.6 is 0 Å². The third-order valence-corrected chi connectivity index (χ3v) is 7.63. The number of amides is 1. The van der Waals surface area contributed by atoms with Gasteiger partial charge in [-0.3, -0.25) is 4.79 Å². The van der Waals surface area contributed by atoms with E-state index in [1.54, 1.807) is 28.9 Å². The van der Waals surface area contributed by atoms with Crippen LogP contribution in [-0.4, -0.2) is 46.3 Å². The maximum Gasteiger partial charge on any atom is 0.340 e. The number of esters is 2. The first-order chi connectivity index (χ1) is 21.8. The summed E-state index contributed by atoms with van der Waals surface area (Å²) in [5, 5.41) is 5.25. The van der Waals surface area contributed by atoms with E-state index in [9.17, 15) is 18.8 Å². The highest BCUT2D eigenvalue weighted by Gasteiger charge is 2.27. The minimum atomic E-state index is -0.846. The van der Waals surface area contributed by atoms with Crippen LogP contribution in [0.25, 0.3) is 33.5 Å². The molecular weight excluding hydrogens is 579 g/mol. The van der Waals surface area contributed by atoms with Crippen LogP contribution in [-0.2, 0) is 20.8 Å². The number of pyridine rings is 1. The number of benzene rings is 3. The second-order valence-corrected chi connectivity index (χ2v) is 10.6. The van der Waals surface area contributed by atoms with Gasteiger partial charge in [0.05, 0.1) is 34.9 Å². The summed E-state index contributed by atoms with van der Waals surface area (Å²) in [5.41, 5.74) is 8.99. The van der Waals surface area contributed by atoms with Gasteiger partial charge in [-0.1, -0.05) is 42.5 Å². The molecule has 2 aromatic heterocycles. The zero-order valence-corrected chi connectivity index (χ0v) is 24.4. The van der Waals surface area contributed by atoms with Crippen LogP contribution in [0.1, 0.15) is 62.1 Å². The molecule has 0 saturated carbocycles. The molecule has 0 radical (unpaired) electrons. The Bertz CT molecular complexity index is 1900. The Labute approximate surface area is 257 Å². The molecule has 1 atom stereocenters. The number of halogens is 1. The standard InChI is InChI=1S/C34H29FN4O6/c1-43-34(42)24-17-23(14-15-26(24)35)27-18-25(31(36)40)29-30(38-39(32(29)37-27)28-9-5-6-16-44-28)21-10-12-22(13-11-21)33(41)45-19-20-7-3-2-4-8-20/h2-4,7-8,10-15,17-18,28H,5-6,9,16,19H2,1H3,(H2,36,40). The molecule has 1 aliphatic rings. The lowest BCUT2D eigenvalue weighted by atomic mass is 10.0. The number of carbonyl (C=O) groups excluding carboxylic acids is 3. The van der Waals surface area contributed by atoms with Gasteiger partial charge in [0.1, 0.15) is 18.1 Å². The van der Waals surface area contributed by atoms with Crippen molar-refractivity contribution in [2.24, 2.45) is 5.73 Å². The molecule has 2 N–H and O–H groups in total. The summed E-state index contributed by atoms with van der Waals surface area (Å²) in [5.74, 6) is -2.81. The second-order valence-electron chi connectivity index (χ2n) is 10.6. The summed E-state index contributed by atoms with van der Waals surface area (Å²) in [6, 6.07) is 21.5. The molecule has 6 rings (SSSR count). The van der Waals surface area contributed by atoms with Crippen molar-refractivity contribution < 1.29 is 33.0 Å². The van der Waals surface area contributed by atoms with Crippen LogP contribution in [0.5, 0.6) is 0 Å². The summed E-state index contributed by atoms with van der Waals surface area (Å²) in [6.45, 7) is 0.674. The normalized spacial score (nSPS) is 14.7. The van der Waals surface area contributed by atoms with Crippen molar-refractivity contribution >= 4 is 28.9 Å². The van der Waals surface area contributed by atoms with Crippen molar-refractivity contribution in [1.29, 1.82) is 0 Å². The molecule has 1 fully saturated rings. The monoisotopic (exact) mass is 608 g/mol. The van der Waals surface area contributed by atoms with E-state index in [4.69, 9.17) is 30.0 Å². The van der Waals surface area contributed by atoms with Crippen molar-refractivity contribution in [1.82, 2.24) is 14.8 Å². The molecule has 3 aromatic carbocycles. The number of fused-ring (bicyclic) bond motifs is 1. The number of rotatable bonds is 8. The third kappa shape index (κ3) is 6.02. The lowest BCUT2D eigenvalue weighted by Gasteiger charge is -2.23. The van der Waals surface area contributed by atoms with Gasteiger partial charge in [-0.05, 0) is 61.2 Å². The fourth-order valence-corrected chi connectivity index (χ4v) is 5.32. The van der Waals surface area contributed by atoms with Crippen LogP contribution in [0.4, 0.5) is 4.39 Å². The maximum absolute atomic E-state index is 14.4. The van der Waals surface area contributed by atoms with E-state index in [0.29, 0.717) is 46.4 Å². The largest absolute Gasteiger partial charge is 0.465 e. The Morgan fingerprint density at radius 1 is 0.956 bits per heavy atom. The summed E-state index contributed by atoms with van der Waals surface area (Å²) < 4.78 is 32.3. The summed E-state index contributed by atoms with van der Waals surface area (Å²) in [6.07, 6.45) is 2.03. The Hall–Kier alpha value is -5.42. The molecule has 10 nitrogen and oxygen atoms in total. The molecule has 0 spiro atoms. The maximum atomic E-state index is 14.4. The first-order valence-corrected chi connectivity index (χ1v) is 14.4. The molecule has 3 heterocycles. The number of hydrogen-bond donors (Lipinski definition) is 1. The first-order valence-electron chi connectivity index (χ1n) is 14.4. The number of primary amides is 1. The van der Waals surface area contributed by atoms with E-state index in [0.717, 1.165) is 31.6 Å². The number of carbonyl (C=O) groups is 3. The third-order valence-electron chi connectivity index (χ3n) is 7.63. The number of aromatic nitrogens is 3. The lowest BCUT2D eigenvalue weighted by Crippen LogP contribution is -2.20. The number of nitrogens with two attached hydrogens (primary N) is 1. The van der Waals surface area contributed by atoms with Gasteiger partial charge in [0.2, 0.25) is 5.91 Å². The molecule has 1 amide bonds. The van der Waals surface area contributed by atoms with E-state index in [-0.39, 0.29) is 23.4 Å².